The first-order valence-corrected chi connectivity index (χ1v) is 5.20. The maximum absolute atomic E-state index is 11.7. The average Bonchev–Trinajstić information content (AvgIpc) is 2.64. The second-order valence-corrected chi connectivity index (χ2v) is 3.86. The first-order chi connectivity index (χ1) is 7.54. The van der Waals surface area contributed by atoms with E-state index in [2.05, 4.69) is 17.0 Å². The molecule has 3 N–H and O–H groups in total. The van der Waals surface area contributed by atoms with Crippen LogP contribution in [0.2, 0.25) is 0 Å². The van der Waals surface area contributed by atoms with Gasteiger partial charge in [-0.3, -0.25) is 9.48 Å². The van der Waals surface area contributed by atoms with Crippen molar-refractivity contribution in [2.45, 2.75) is 25.4 Å². The third-order valence-corrected chi connectivity index (χ3v) is 2.28. The van der Waals surface area contributed by atoms with Gasteiger partial charge in [0, 0.05) is 24.8 Å². The van der Waals surface area contributed by atoms with Crippen LogP contribution in [0, 0.1) is 0 Å². The third kappa shape index (κ3) is 3.20. The summed E-state index contributed by atoms with van der Waals surface area (Å²) < 4.78 is 1.62. The molecule has 1 aromatic rings. The smallest absolute Gasteiger partial charge is 0.241 e. The molecule has 1 amide bonds. The molecule has 0 radical (unpaired) electrons. The van der Waals surface area contributed by atoms with Gasteiger partial charge in [-0.25, -0.2) is 0 Å². The van der Waals surface area contributed by atoms with Gasteiger partial charge in [-0.1, -0.05) is 6.08 Å². The van der Waals surface area contributed by atoms with Gasteiger partial charge in [-0.15, -0.1) is 6.58 Å². The highest BCUT2D eigenvalue weighted by Gasteiger charge is 2.18. The van der Waals surface area contributed by atoms with Crippen LogP contribution in [0.15, 0.2) is 25.0 Å². The molecular weight excluding hydrogens is 204 g/mol. The molecule has 0 aliphatic rings. The number of amides is 1. The molecule has 2 unspecified atom stereocenters. The molecule has 1 heterocycles. The highest BCUT2D eigenvalue weighted by atomic mass is 16.2. The molecule has 0 aliphatic carbocycles. The summed E-state index contributed by atoms with van der Waals surface area (Å²) in [5.41, 5.74) is 6.52. The largest absolute Gasteiger partial charge is 0.352 e. The van der Waals surface area contributed by atoms with Gasteiger partial charge in [-0.2, -0.15) is 5.10 Å². The first-order valence-electron chi connectivity index (χ1n) is 5.20. The van der Waals surface area contributed by atoms with Crippen LogP contribution in [0.4, 0.5) is 0 Å². The lowest BCUT2D eigenvalue weighted by molar-refractivity contribution is -0.123. The minimum atomic E-state index is -0.666. The van der Waals surface area contributed by atoms with E-state index in [-0.39, 0.29) is 11.9 Å². The van der Waals surface area contributed by atoms with Gasteiger partial charge >= 0.3 is 0 Å². The number of nitrogens with zero attached hydrogens (tertiary/aromatic N) is 2. The quantitative estimate of drug-likeness (QED) is 0.712. The Morgan fingerprint density at radius 3 is 3.00 bits per heavy atom. The van der Waals surface area contributed by atoms with Crippen molar-refractivity contribution in [3.63, 3.8) is 0 Å². The van der Waals surface area contributed by atoms with Crippen LogP contribution in [0.1, 0.15) is 24.9 Å². The Kier molecular flexibility index (Phi) is 4.25. The average molecular weight is 222 g/mol. The van der Waals surface area contributed by atoms with E-state index < -0.39 is 6.04 Å². The van der Waals surface area contributed by atoms with Crippen LogP contribution in [-0.4, -0.2) is 21.7 Å². The zero-order valence-electron chi connectivity index (χ0n) is 9.68. The molecule has 88 valence electrons. The third-order valence-electron chi connectivity index (χ3n) is 2.28. The molecule has 0 saturated heterocycles. The van der Waals surface area contributed by atoms with Crippen LogP contribution in [-0.2, 0) is 11.8 Å². The number of rotatable bonds is 5. The number of aromatic nitrogens is 2. The summed E-state index contributed by atoms with van der Waals surface area (Å²) in [6.07, 6.45) is 5.83. The van der Waals surface area contributed by atoms with Gasteiger partial charge in [0.2, 0.25) is 5.91 Å². The summed E-state index contributed by atoms with van der Waals surface area (Å²) in [5, 5.41) is 6.79. The van der Waals surface area contributed by atoms with E-state index in [4.69, 9.17) is 5.73 Å². The predicted octanol–water partition coefficient (Wildman–Crippen LogP) is 0.501. The lowest BCUT2D eigenvalue weighted by Gasteiger charge is -2.15. The second kappa shape index (κ2) is 5.46. The van der Waals surface area contributed by atoms with E-state index >= 15 is 0 Å². The van der Waals surface area contributed by atoms with E-state index in [1.165, 1.54) is 0 Å². The Bertz CT molecular complexity index is 372. The van der Waals surface area contributed by atoms with Gasteiger partial charge in [-0.05, 0) is 13.3 Å². The Balaban J connectivity index is 2.57. The monoisotopic (exact) mass is 222 g/mol. The lowest BCUT2D eigenvalue weighted by atomic mass is 10.1. The van der Waals surface area contributed by atoms with Gasteiger partial charge < -0.3 is 11.1 Å². The van der Waals surface area contributed by atoms with E-state index in [0.29, 0.717) is 5.56 Å². The molecule has 1 aromatic heterocycles. The summed E-state index contributed by atoms with van der Waals surface area (Å²) in [6, 6.07) is -0.617. The van der Waals surface area contributed by atoms with Crippen molar-refractivity contribution >= 4 is 5.91 Å². The van der Waals surface area contributed by atoms with Gasteiger partial charge in [0.25, 0.3) is 0 Å². The Morgan fingerprint density at radius 2 is 2.50 bits per heavy atom. The van der Waals surface area contributed by atoms with Crippen LogP contribution >= 0.6 is 0 Å². The van der Waals surface area contributed by atoms with Crippen LogP contribution in [0.5, 0.6) is 0 Å². The minimum absolute atomic E-state index is 0.0488. The van der Waals surface area contributed by atoms with Crippen molar-refractivity contribution < 1.29 is 4.79 Å². The standard InChI is InChI=1S/C11H18N4O/c1-4-5-8(2)14-11(16)10(12)9-6-13-15(3)7-9/h4,6-8,10H,1,5,12H2,2-3H3,(H,14,16). The molecule has 0 bridgehead atoms. The van der Waals surface area contributed by atoms with Crippen LogP contribution < -0.4 is 11.1 Å². The summed E-state index contributed by atoms with van der Waals surface area (Å²) >= 11 is 0. The van der Waals surface area contributed by atoms with E-state index in [9.17, 15) is 4.79 Å². The fourth-order valence-corrected chi connectivity index (χ4v) is 1.39. The van der Waals surface area contributed by atoms with Gasteiger partial charge in [0.1, 0.15) is 6.04 Å². The number of carbonyl (C=O) groups is 1. The molecule has 16 heavy (non-hydrogen) atoms. The van der Waals surface area contributed by atoms with Crippen LogP contribution in [0.3, 0.4) is 0 Å². The van der Waals surface area contributed by atoms with Crippen molar-refractivity contribution in [3.8, 4) is 0 Å². The predicted molar refractivity (Wildman–Crippen MR) is 62.6 cm³/mol. The number of hydrogen-bond donors (Lipinski definition) is 2. The Morgan fingerprint density at radius 1 is 1.81 bits per heavy atom. The van der Waals surface area contributed by atoms with Crippen molar-refractivity contribution in [2.75, 3.05) is 0 Å². The van der Waals surface area contributed by atoms with Gasteiger partial charge in [0.15, 0.2) is 0 Å². The first kappa shape index (κ1) is 12.4. The summed E-state index contributed by atoms with van der Waals surface area (Å²) in [7, 11) is 1.79. The molecule has 2 atom stereocenters. The molecule has 5 nitrogen and oxygen atoms in total. The van der Waals surface area contributed by atoms with E-state index in [0.717, 1.165) is 6.42 Å². The van der Waals surface area contributed by atoms with Crippen molar-refractivity contribution in [3.05, 3.63) is 30.6 Å². The molecule has 0 aliphatic heterocycles. The van der Waals surface area contributed by atoms with Crippen molar-refractivity contribution in [1.29, 1.82) is 0 Å². The highest BCUT2D eigenvalue weighted by Crippen LogP contribution is 2.08. The molecule has 0 spiro atoms. The molecule has 5 heteroatoms. The van der Waals surface area contributed by atoms with E-state index in [1.807, 2.05) is 6.92 Å². The number of hydrogen-bond acceptors (Lipinski definition) is 3. The molecule has 0 fully saturated rings. The summed E-state index contributed by atoms with van der Waals surface area (Å²) in [4.78, 5) is 11.7. The Labute approximate surface area is 95.3 Å². The lowest BCUT2D eigenvalue weighted by Crippen LogP contribution is -2.39. The molecule has 1 rings (SSSR count). The topological polar surface area (TPSA) is 72.9 Å². The fraction of sp³-hybridized carbons (Fsp3) is 0.455. The number of carbonyl (C=O) groups excluding carboxylic acids is 1. The molecule has 0 saturated carbocycles. The second-order valence-electron chi connectivity index (χ2n) is 3.86. The van der Waals surface area contributed by atoms with E-state index in [1.54, 1.807) is 30.2 Å². The number of nitrogens with one attached hydrogen (secondary N) is 1. The van der Waals surface area contributed by atoms with Crippen molar-refractivity contribution in [1.82, 2.24) is 15.1 Å². The SMILES string of the molecule is C=CCC(C)NC(=O)C(N)c1cnn(C)c1. The highest BCUT2D eigenvalue weighted by molar-refractivity contribution is 5.83. The maximum atomic E-state index is 11.7. The van der Waals surface area contributed by atoms with Crippen LogP contribution in [0.25, 0.3) is 0 Å². The summed E-state index contributed by atoms with van der Waals surface area (Å²) in [6.45, 7) is 5.53. The number of aryl methyl sites for hydroxylation is 1. The zero-order valence-corrected chi connectivity index (χ0v) is 9.68. The minimum Gasteiger partial charge on any atom is -0.352 e. The molecular formula is C11H18N4O. The molecule has 0 aromatic carbocycles. The zero-order chi connectivity index (χ0) is 12.1. The fourth-order valence-electron chi connectivity index (χ4n) is 1.39. The number of nitrogens with two attached hydrogens (primary N) is 1. The van der Waals surface area contributed by atoms with Gasteiger partial charge in [0.05, 0.1) is 6.20 Å². The Hall–Kier alpha value is -1.62. The van der Waals surface area contributed by atoms with Crippen molar-refractivity contribution in [2.24, 2.45) is 12.8 Å². The normalized spacial score (nSPS) is 14.2. The summed E-state index contributed by atoms with van der Waals surface area (Å²) in [5.74, 6) is -0.192. The maximum Gasteiger partial charge on any atom is 0.241 e.